The zero-order chi connectivity index (χ0) is 14.1. The predicted molar refractivity (Wildman–Crippen MR) is 72.7 cm³/mol. The number of aliphatic hydroxyl groups excluding tert-OH is 1. The lowest BCUT2D eigenvalue weighted by molar-refractivity contribution is 0.280. The van der Waals surface area contributed by atoms with Gasteiger partial charge in [0.15, 0.2) is 11.5 Å². The number of nitrogens with zero attached hydrogens (tertiary/aromatic N) is 3. The predicted octanol–water partition coefficient (Wildman–Crippen LogP) is -0.0330. The lowest BCUT2D eigenvalue weighted by atomic mass is 10.2. The molecule has 0 aromatic heterocycles. The van der Waals surface area contributed by atoms with Gasteiger partial charge in [-0.15, -0.1) is 0 Å². The Hall–Kier alpha value is -2.54. The zero-order valence-corrected chi connectivity index (χ0v) is 10.5. The first-order valence-electron chi connectivity index (χ1n) is 6.21. The van der Waals surface area contributed by atoms with Gasteiger partial charge in [0, 0.05) is 13.2 Å². The number of para-hydroxylation sites is 2. The minimum Gasteiger partial charge on any atom is -0.396 e. The smallest absolute Gasteiger partial charge is 0.349 e. The molecular weight excluding hydrogens is 260 g/mol. The van der Waals surface area contributed by atoms with Crippen molar-refractivity contribution in [1.82, 2.24) is 19.5 Å². The fraction of sp³-hybridized carbons (Fsp3) is 0.231. The van der Waals surface area contributed by atoms with E-state index in [-0.39, 0.29) is 18.1 Å². The van der Waals surface area contributed by atoms with Crippen molar-refractivity contribution >= 4 is 11.0 Å². The van der Waals surface area contributed by atoms with E-state index in [0.717, 1.165) is 5.52 Å². The van der Waals surface area contributed by atoms with Crippen LogP contribution < -0.4 is 11.2 Å². The Morgan fingerprint density at radius 2 is 2.00 bits per heavy atom. The topological polar surface area (TPSA) is 101 Å². The summed E-state index contributed by atoms with van der Waals surface area (Å²) in [5, 5.41) is 9.00. The lowest BCUT2D eigenvalue weighted by Crippen LogP contribution is -2.29. The van der Waals surface area contributed by atoms with Gasteiger partial charge in [-0.3, -0.25) is 9.78 Å². The molecule has 1 aromatic carbocycles. The molecule has 2 aliphatic rings. The molecule has 2 N–H and O–H groups in total. The van der Waals surface area contributed by atoms with Gasteiger partial charge in [0.05, 0.1) is 11.0 Å². The maximum absolute atomic E-state index is 11.8. The van der Waals surface area contributed by atoms with Gasteiger partial charge in [-0.25, -0.2) is 9.78 Å². The fourth-order valence-electron chi connectivity index (χ4n) is 2.20. The summed E-state index contributed by atoms with van der Waals surface area (Å²) in [6, 6.07) is 7.29. The van der Waals surface area contributed by atoms with Crippen molar-refractivity contribution in [2.75, 3.05) is 6.61 Å². The van der Waals surface area contributed by atoms with Crippen LogP contribution in [0.3, 0.4) is 0 Å². The van der Waals surface area contributed by atoms with E-state index in [1.807, 2.05) is 18.2 Å². The molecule has 102 valence electrons. The van der Waals surface area contributed by atoms with Crippen LogP contribution in [0.25, 0.3) is 22.6 Å². The van der Waals surface area contributed by atoms with Crippen molar-refractivity contribution < 1.29 is 5.11 Å². The van der Waals surface area contributed by atoms with Crippen LogP contribution in [0.4, 0.5) is 0 Å². The summed E-state index contributed by atoms with van der Waals surface area (Å²) in [5.74, 6) is 0.242. The number of aliphatic hydroxyl groups is 1. The summed E-state index contributed by atoms with van der Waals surface area (Å²) in [6.45, 7) is 0.463. The number of H-pyrrole nitrogens is 1. The van der Waals surface area contributed by atoms with E-state index < -0.39 is 11.2 Å². The monoisotopic (exact) mass is 272 g/mol. The van der Waals surface area contributed by atoms with E-state index >= 15 is 0 Å². The fourth-order valence-corrected chi connectivity index (χ4v) is 2.20. The summed E-state index contributed by atoms with van der Waals surface area (Å²) in [6.07, 6.45) is 0.496. The van der Waals surface area contributed by atoms with E-state index in [1.165, 1.54) is 0 Å². The minimum atomic E-state index is -0.697. The molecule has 7 heteroatoms. The van der Waals surface area contributed by atoms with Crippen LogP contribution in [0.1, 0.15) is 6.42 Å². The Labute approximate surface area is 112 Å². The number of nitrogens with one attached hydrogen (secondary N) is 1. The van der Waals surface area contributed by atoms with E-state index in [9.17, 15) is 9.59 Å². The largest absolute Gasteiger partial charge is 0.396 e. The van der Waals surface area contributed by atoms with Crippen molar-refractivity contribution in [3.05, 3.63) is 45.1 Å². The van der Waals surface area contributed by atoms with E-state index in [4.69, 9.17) is 5.11 Å². The maximum atomic E-state index is 11.8. The molecule has 0 fully saturated rings. The van der Waals surface area contributed by atoms with E-state index in [0.29, 0.717) is 18.5 Å². The van der Waals surface area contributed by atoms with Crippen LogP contribution in [0, 0.1) is 0 Å². The highest BCUT2D eigenvalue weighted by Gasteiger charge is 2.17. The standard InChI is InChI=1S/C13H12N4O3/c18-7-3-6-17-9-5-2-1-4-8(9)14-10-11(17)15-13(20)16-12(10)19/h1-2,4-5,18H,3,6-7H2,(H,16,19,20). The summed E-state index contributed by atoms with van der Waals surface area (Å²) >= 11 is 0. The number of rotatable bonds is 3. The molecular formula is C13H12N4O3. The molecule has 0 bridgehead atoms. The molecule has 0 spiro atoms. The molecule has 0 aliphatic carbocycles. The summed E-state index contributed by atoms with van der Waals surface area (Å²) < 4.78 is 1.74. The van der Waals surface area contributed by atoms with Gasteiger partial charge in [0.2, 0.25) is 0 Å². The number of hydrogen-bond acceptors (Lipinski definition) is 5. The van der Waals surface area contributed by atoms with Crippen LogP contribution in [-0.2, 0) is 6.54 Å². The molecule has 2 aliphatic heterocycles. The molecule has 2 heterocycles. The van der Waals surface area contributed by atoms with E-state index in [2.05, 4.69) is 15.0 Å². The first kappa shape index (κ1) is 12.5. The molecule has 3 rings (SSSR count). The molecule has 0 saturated heterocycles. The molecule has 0 saturated carbocycles. The zero-order valence-electron chi connectivity index (χ0n) is 10.5. The average molecular weight is 272 g/mol. The average Bonchev–Trinajstić information content (AvgIpc) is 2.44. The highest BCUT2D eigenvalue weighted by atomic mass is 16.3. The number of hydrogen-bond donors (Lipinski definition) is 2. The van der Waals surface area contributed by atoms with Crippen LogP contribution in [0.2, 0.25) is 0 Å². The summed E-state index contributed by atoms with van der Waals surface area (Å²) in [7, 11) is 0. The molecule has 0 atom stereocenters. The van der Waals surface area contributed by atoms with Gasteiger partial charge in [-0.2, -0.15) is 4.98 Å². The third-order valence-corrected chi connectivity index (χ3v) is 3.06. The van der Waals surface area contributed by atoms with Crippen molar-refractivity contribution in [1.29, 1.82) is 0 Å². The number of aromatic nitrogens is 4. The van der Waals surface area contributed by atoms with Crippen molar-refractivity contribution in [3.8, 4) is 11.5 Å². The molecule has 0 amide bonds. The summed E-state index contributed by atoms with van der Waals surface area (Å²) in [4.78, 5) is 33.5. The van der Waals surface area contributed by atoms with Gasteiger partial charge >= 0.3 is 5.69 Å². The minimum absolute atomic E-state index is 0.0125. The second-order valence-corrected chi connectivity index (χ2v) is 4.37. The number of aromatic amines is 1. The highest BCUT2D eigenvalue weighted by Crippen LogP contribution is 2.20. The third kappa shape index (κ3) is 1.97. The normalized spacial score (nSPS) is 11.2. The first-order valence-corrected chi connectivity index (χ1v) is 6.21. The van der Waals surface area contributed by atoms with Gasteiger partial charge < -0.3 is 9.67 Å². The van der Waals surface area contributed by atoms with Crippen LogP contribution >= 0.6 is 0 Å². The number of fused-ring (bicyclic) bond motifs is 2. The van der Waals surface area contributed by atoms with Gasteiger partial charge in [0.25, 0.3) is 5.56 Å². The Bertz CT molecular complexity index is 852. The van der Waals surface area contributed by atoms with Gasteiger partial charge in [-0.05, 0) is 18.6 Å². The molecule has 0 unspecified atom stereocenters. The molecule has 0 radical (unpaired) electrons. The van der Waals surface area contributed by atoms with Gasteiger partial charge in [0.1, 0.15) is 0 Å². The third-order valence-electron chi connectivity index (χ3n) is 3.06. The van der Waals surface area contributed by atoms with Crippen LogP contribution in [0.5, 0.6) is 0 Å². The molecule has 20 heavy (non-hydrogen) atoms. The van der Waals surface area contributed by atoms with Crippen molar-refractivity contribution in [2.45, 2.75) is 13.0 Å². The quantitative estimate of drug-likeness (QED) is 0.652. The van der Waals surface area contributed by atoms with Crippen molar-refractivity contribution in [2.24, 2.45) is 0 Å². The SMILES string of the molecule is O=c1nc2n(CCCO)c3ccccc3nc-2c(=O)[nH]1. The highest BCUT2D eigenvalue weighted by molar-refractivity contribution is 5.79. The lowest BCUT2D eigenvalue weighted by Gasteiger charge is -2.15. The Morgan fingerprint density at radius 3 is 2.80 bits per heavy atom. The Balaban J connectivity index is 2.43. The Morgan fingerprint density at radius 1 is 1.20 bits per heavy atom. The number of aryl methyl sites for hydroxylation is 1. The second kappa shape index (κ2) is 4.86. The second-order valence-electron chi connectivity index (χ2n) is 4.37. The number of benzene rings is 1. The Kier molecular flexibility index (Phi) is 3.03. The van der Waals surface area contributed by atoms with Crippen molar-refractivity contribution in [3.63, 3.8) is 0 Å². The molecule has 1 aromatic rings. The van der Waals surface area contributed by atoms with Crippen LogP contribution in [-0.4, -0.2) is 31.2 Å². The van der Waals surface area contributed by atoms with Crippen LogP contribution in [0.15, 0.2) is 33.9 Å². The maximum Gasteiger partial charge on any atom is 0.349 e. The van der Waals surface area contributed by atoms with Gasteiger partial charge in [-0.1, -0.05) is 12.1 Å². The first-order chi connectivity index (χ1) is 9.70. The van der Waals surface area contributed by atoms with E-state index in [1.54, 1.807) is 10.6 Å². The molecule has 7 nitrogen and oxygen atoms in total. The summed E-state index contributed by atoms with van der Waals surface area (Å²) in [5.41, 5.74) is 0.289.